The Balaban J connectivity index is 1.50. The van der Waals surface area contributed by atoms with Crippen LogP contribution in [0.4, 0.5) is 26.2 Å². The molecule has 1 heterocycles. The van der Waals surface area contributed by atoms with Gasteiger partial charge in [0.15, 0.2) is 6.61 Å². The summed E-state index contributed by atoms with van der Waals surface area (Å²) in [6.45, 7) is -0.369. The zero-order valence-corrected chi connectivity index (χ0v) is 18.8. The maximum atomic E-state index is 13.0. The number of nitrogens with one attached hydrogen (secondary N) is 2. The van der Waals surface area contributed by atoms with Crippen molar-refractivity contribution in [2.45, 2.75) is 0 Å². The van der Waals surface area contributed by atoms with Gasteiger partial charge >= 0.3 is 6.03 Å². The number of nitrogens with zero attached hydrogens (tertiary/aromatic N) is 2. The van der Waals surface area contributed by atoms with Crippen LogP contribution in [-0.2, 0) is 14.4 Å². The average Bonchev–Trinajstić information content (AvgIpc) is 2.87. The molecule has 2 N–H and O–H groups in total. The zero-order chi connectivity index (χ0) is 26.5. The molecule has 0 atom stereocenters. The molecule has 1 fully saturated rings. The number of urea groups is 1. The molecule has 0 unspecified atom stereocenters. The molecule has 186 valence electrons. The first-order chi connectivity index (χ1) is 17.7. The number of amides is 5. The molecular formula is C25H17FN4O7. The second-order valence-electron chi connectivity index (χ2n) is 7.65. The maximum absolute atomic E-state index is 13.0. The van der Waals surface area contributed by atoms with Crippen molar-refractivity contribution in [1.82, 2.24) is 5.32 Å². The molecule has 0 aliphatic carbocycles. The number of hydrogen-bond donors (Lipinski definition) is 2. The SMILES string of the molecule is O=C(COc1cccc(/C=C2/C(=O)NC(=O)N(c3cccc([N+](=O)[O-])c3)C2=O)c1)Nc1ccc(F)cc1. The van der Waals surface area contributed by atoms with Crippen LogP contribution in [-0.4, -0.2) is 35.3 Å². The van der Waals surface area contributed by atoms with Crippen LogP contribution in [0.15, 0.2) is 78.4 Å². The van der Waals surface area contributed by atoms with Gasteiger partial charge in [-0.05, 0) is 54.1 Å². The van der Waals surface area contributed by atoms with Gasteiger partial charge in [0.25, 0.3) is 23.4 Å². The number of carbonyl (C=O) groups is 4. The Labute approximate surface area is 208 Å². The molecule has 3 aromatic carbocycles. The summed E-state index contributed by atoms with van der Waals surface area (Å²) in [6, 6.07) is 15.2. The van der Waals surface area contributed by atoms with Crippen molar-refractivity contribution in [3.8, 4) is 5.75 Å². The lowest BCUT2D eigenvalue weighted by Gasteiger charge is -2.26. The van der Waals surface area contributed by atoms with Crippen LogP contribution in [0.5, 0.6) is 5.75 Å². The number of rotatable bonds is 7. The van der Waals surface area contributed by atoms with Gasteiger partial charge < -0.3 is 10.1 Å². The fourth-order valence-corrected chi connectivity index (χ4v) is 3.38. The Morgan fingerprint density at radius 3 is 2.51 bits per heavy atom. The quantitative estimate of drug-likeness (QED) is 0.217. The van der Waals surface area contributed by atoms with Gasteiger partial charge in [-0.3, -0.25) is 29.8 Å². The molecule has 1 aliphatic heterocycles. The van der Waals surface area contributed by atoms with E-state index in [1.165, 1.54) is 54.6 Å². The van der Waals surface area contributed by atoms with Gasteiger partial charge in [0, 0.05) is 17.8 Å². The zero-order valence-electron chi connectivity index (χ0n) is 18.8. The monoisotopic (exact) mass is 504 g/mol. The van der Waals surface area contributed by atoms with Gasteiger partial charge in [-0.25, -0.2) is 14.1 Å². The van der Waals surface area contributed by atoms with E-state index in [1.54, 1.807) is 18.2 Å². The van der Waals surface area contributed by atoms with E-state index in [1.807, 2.05) is 5.32 Å². The van der Waals surface area contributed by atoms with Gasteiger partial charge in [-0.15, -0.1) is 0 Å². The molecule has 0 spiro atoms. The minimum Gasteiger partial charge on any atom is -0.484 e. The summed E-state index contributed by atoms with van der Waals surface area (Å²) in [4.78, 5) is 60.9. The molecule has 3 aromatic rings. The summed E-state index contributed by atoms with van der Waals surface area (Å²) in [7, 11) is 0. The number of anilines is 2. The molecule has 12 heteroatoms. The second kappa shape index (κ2) is 10.5. The average molecular weight is 504 g/mol. The van der Waals surface area contributed by atoms with Crippen LogP contribution >= 0.6 is 0 Å². The van der Waals surface area contributed by atoms with Gasteiger partial charge in [0.1, 0.15) is 17.1 Å². The Bertz CT molecular complexity index is 1450. The number of halogens is 1. The van der Waals surface area contributed by atoms with E-state index >= 15 is 0 Å². The third-order valence-corrected chi connectivity index (χ3v) is 5.07. The van der Waals surface area contributed by atoms with Crippen LogP contribution in [0, 0.1) is 15.9 Å². The molecule has 0 bridgehead atoms. The van der Waals surface area contributed by atoms with E-state index < -0.39 is 40.1 Å². The Morgan fingerprint density at radius 2 is 1.78 bits per heavy atom. The lowest BCUT2D eigenvalue weighted by atomic mass is 10.1. The Morgan fingerprint density at radius 1 is 1.05 bits per heavy atom. The number of nitro benzene ring substituents is 1. The highest BCUT2D eigenvalue weighted by Crippen LogP contribution is 2.26. The summed E-state index contributed by atoms with van der Waals surface area (Å²) in [5.41, 5.74) is -0.0769. The highest BCUT2D eigenvalue weighted by atomic mass is 19.1. The van der Waals surface area contributed by atoms with Crippen LogP contribution in [0.1, 0.15) is 5.56 Å². The fraction of sp³-hybridized carbons (Fsp3) is 0.0400. The van der Waals surface area contributed by atoms with Crippen LogP contribution in [0.3, 0.4) is 0 Å². The van der Waals surface area contributed by atoms with Crippen LogP contribution in [0.25, 0.3) is 6.08 Å². The van der Waals surface area contributed by atoms with Crippen LogP contribution in [0.2, 0.25) is 0 Å². The number of carbonyl (C=O) groups excluding carboxylic acids is 4. The molecule has 0 aromatic heterocycles. The predicted octanol–water partition coefficient (Wildman–Crippen LogP) is 3.42. The minimum absolute atomic E-state index is 0.0839. The smallest absolute Gasteiger partial charge is 0.335 e. The number of non-ortho nitro benzene ring substituents is 1. The molecule has 0 radical (unpaired) electrons. The first kappa shape index (κ1) is 24.7. The van der Waals surface area contributed by atoms with Gasteiger partial charge in [0.05, 0.1) is 10.6 Å². The molecule has 1 saturated heterocycles. The standard InChI is InChI=1S/C25H17FN4O7/c26-16-7-9-17(10-8-16)27-22(31)14-37-20-6-1-3-15(11-20)12-21-23(32)28-25(34)29(24(21)33)18-4-2-5-19(13-18)30(35)36/h1-13H,14H2,(H,27,31)(H,28,32,34)/b21-12-. The van der Waals surface area contributed by atoms with Gasteiger partial charge in [0.2, 0.25) is 0 Å². The molecule has 11 nitrogen and oxygen atoms in total. The van der Waals surface area contributed by atoms with E-state index in [0.717, 1.165) is 6.07 Å². The van der Waals surface area contributed by atoms with Crippen LogP contribution < -0.4 is 20.3 Å². The normalized spacial score (nSPS) is 14.4. The van der Waals surface area contributed by atoms with Gasteiger partial charge in [-0.1, -0.05) is 18.2 Å². The minimum atomic E-state index is -1.04. The first-order valence-electron chi connectivity index (χ1n) is 10.7. The number of ether oxygens (including phenoxy) is 1. The van der Waals surface area contributed by atoms with Gasteiger partial charge in [-0.2, -0.15) is 0 Å². The van der Waals surface area contributed by atoms with E-state index in [9.17, 15) is 33.7 Å². The van der Waals surface area contributed by atoms with E-state index in [-0.39, 0.29) is 23.7 Å². The number of imide groups is 2. The lowest BCUT2D eigenvalue weighted by Crippen LogP contribution is -2.54. The Hall–Kier alpha value is -5.39. The van der Waals surface area contributed by atoms with E-state index in [0.29, 0.717) is 16.2 Å². The predicted molar refractivity (Wildman–Crippen MR) is 129 cm³/mol. The van der Waals surface area contributed by atoms with E-state index in [4.69, 9.17) is 4.74 Å². The van der Waals surface area contributed by atoms with E-state index in [2.05, 4.69) is 5.32 Å². The molecular weight excluding hydrogens is 487 g/mol. The number of barbiturate groups is 1. The van der Waals surface area contributed by atoms with Crippen molar-refractivity contribution >= 4 is 46.9 Å². The molecule has 4 rings (SSSR count). The van der Waals surface area contributed by atoms with Crippen molar-refractivity contribution in [3.63, 3.8) is 0 Å². The van der Waals surface area contributed by atoms with Crippen molar-refractivity contribution in [2.24, 2.45) is 0 Å². The number of benzene rings is 3. The second-order valence-corrected chi connectivity index (χ2v) is 7.65. The van der Waals surface area contributed by atoms with Crippen molar-refractivity contribution in [2.75, 3.05) is 16.8 Å². The fourth-order valence-electron chi connectivity index (χ4n) is 3.38. The maximum Gasteiger partial charge on any atom is 0.335 e. The van der Waals surface area contributed by atoms with Crippen molar-refractivity contribution < 1.29 is 33.2 Å². The van der Waals surface area contributed by atoms with Crippen molar-refractivity contribution in [3.05, 3.63) is 99.9 Å². The molecule has 5 amide bonds. The summed E-state index contributed by atoms with van der Waals surface area (Å²) in [5, 5.41) is 15.7. The number of nitro groups is 1. The Kier molecular flexibility index (Phi) is 7.00. The summed E-state index contributed by atoms with van der Waals surface area (Å²) < 4.78 is 18.4. The molecule has 37 heavy (non-hydrogen) atoms. The highest BCUT2D eigenvalue weighted by molar-refractivity contribution is 6.39. The first-order valence-corrected chi connectivity index (χ1v) is 10.7. The summed E-state index contributed by atoms with van der Waals surface area (Å²) in [6.07, 6.45) is 1.22. The highest BCUT2D eigenvalue weighted by Gasteiger charge is 2.37. The van der Waals surface area contributed by atoms with Crippen molar-refractivity contribution in [1.29, 1.82) is 0 Å². The molecule has 0 saturated carbocycles. The lowest BCUT2D eigenvalue weighted by molar-refractivity contribution is -0.384. The third kappa shape index (κ3) is 5.82. The summed E-state index contributed by atoms with van der Waals surface area (Å²) >= 11 is 0. The topological polar surface area (TPSA) is 148 Å². The number of hydrogen-bond acceptors (Lipinski definition) is 7. The third-order valence-electron chi connectivity index (χ3n) is 5.07. The summed E-state index contributed by atoms with van der Waals surface area (Å²) in [5.74, 6) is -2.61. The largest absolute Gasteiger partial charge is 0.484 e. The molecule has 1 aliphatic rings.